The first kappa shape index (κ1) is 22.0. The topological polar surface area (TPSA) is 84.5 Å². The first-order valence-corrected chi connectivity index (χ1v) is 9.27. The van der Waals surface area contributed by atoms with Crippen molar-refractivity contribution >= 4 is 58.3 Å². The molecule has 0 unspecified atom stereocenters. The highest BCUT2D eigenvalue weighted by atomic mass is 35.5. The molecule has 6 nitrogen and oxygen atoms in total. The van der Waals surface area contributed by atoms with Crippen molar-refractivity contribution in [2.24, 2.45) is 0 Å². The van der Waals surface area contributed by atoms with Crippen LogP contribution in [0.15, 0.2) is 30.3 Å². The van der Waals surface area contributed by atoms with Crippen LogP contribution >= 0.6 is 34.8 Å². The number of hydrogen-bond acceptors (Lipinski definition) is 4. The van der Waals surface area contributed by atoms with Crippen molar-refractivity contribution in [3.63, 3.8) is 0 Å². The molecule has 0 aromatic heterocycles. The maximum absolute atomic E-state index is 12.1. The summed E-state index contributed by atoms with van der Waals surface area (Å²) in [5, 5.41) is 5.19. The molecule has 0 spiro atoms. The Bertz CT molecular complexity index is 932. The van der Waals surface area contributed by atoms with E-state index in [-0.39, 0.29) is 27.2 Å². The molecule has 28 heavy (non-hydrogen) atoms. The number of halogens is 3. The molecule has 9 heteroatoms. The van der Waals surface area contributed by atoms with Crippen LogP contribution in [-0.2, 0) is 14.3 Å². The van der Waals surface area contributed by atoms with E-state index in [1.807, 2.05) is 26.0 Å². The number of hydrogen-bond donors (Lipinski definition) is 2. The number of carbonyl (C=O) groups excluding carboxylic acids is 3. The fourth-order valence-corrected chi connectivity index (χ4v) is 2.91. The molecule has 0 atom stereocenters. The smallest absolute Gasteiger partial charge is 0.341 e. The molecule has 2 amide bonds. The highest BCUT2D eigenvalue weighted by molar-refractivity contribution is 6.46. The second kappa shape index (κ2) is 9.78. The van der Waals surface area contributed by atoms with Crippen LogP contribution in [0.3, 0.4) is 0 Å². The summed E-state index contributed by atoms with van der Waals surface area (Å²) >= 11 is 17.7. The number of nitrogens with one attached hydrogen (secondary N) is 2. The lowest BCUT2D eigenvalue weighted by molar-refractivity contribution is -0.126. The molecular weight excluding hydrogens is 427 g/mol. The molecule has 2 aromatic carbocycles. The van der Waals surface area contributed by atoms with Gasteiger partial charge in [-0.2, -0.15) is 0 Å². The highest BCUT2D eigenvalue weighted by Gasteiger charge is 2.20. The van der Waals surface area contributed by atoms with Gasteiger partial charge >= 0.3 is 5.97 Å². The molecular formula is C19H17Cl3N2O4. The summed E-state index contributed by atoms with van der Waals surface area (Å²) < 4.78 is 4.88. The van der Waals surface area contributed by atoms with Gasteiger partial charge in [-0.25, -0.2) is 4.79 Å². The Kier molecular flexibility index (Phi) is 7.69. The molecule has 2 aromatic rings. The Balaban J connectivity index is 1.84. The van der Waals surface area contributed by atoms with Crippen molar-refractivity contribution in [1.82, 2.24) is 5.32 Å². The molecule has 0 aliphatic heterocycles. The number of amides is 2. The summed E-state index contributed by atoms with van der Waals surface area (Å²) in [6, 6.07) is 8.35. The van der Waals surface area contributed by atoms with Gasteiger partial charge in [0.05, 0.1) is 27.2 Å². The summed E-state index contributed by atoms with van der Waals surface area (Å²) in [4.78, 5) is 35.9. The molecule has 0 saturated carbocycles. The van der Waals surface area contributed by atoms with Gasteiger partial charge < -0.3 is 15.4 Å². The predicted molar refractivity (Wildman–Crippen MR) is 109 cm³/mol. The van der Waals surface area contributed by atoms with Gasteiger partial charge in [0.1, 0.15) is 0 Å². The third-order valence-electron chi connectivity index (χ3n) is 3.91. The summed E-state index contributed by atoms with van der Waals surface area (Å²) in [5.74, 6) is -1.96. The van der Waals surface area contributed by atoms with Gasteiger partial charge in [-0.3, -0.25) is 9.59 Å². The monoisotopic (exact) mass is 442 g/mol. The normalized spacial score (nSPS) is 10.3. The minimum absolute atomic E-state index is 0.0488. The van der Waals surface area contributed by atoms with Crippen LogP contribution in [-0.4, -0.2) is 30.9 Å². The third kappa shape index (κ3) is 5.61. The first-order valence-electron chi connectivity index (χ1n) is 8.14. The van der Waals surface area contributed by atoms with Gasteiger partial charge in [-0.15, -0.1) is 0 Å². The van der Waals surface area contributed by atoms with E-state index in [1.165, 1.54) is 12.1 Å². The highest BCUT2D eigenvalue weighted by Crippen LogP contribution is 2.31. The van der Waals surface area contributed by atoms with Crippen LogP contribution in [0.4, 0.5) is 5.69 Å². The maximum Gasteiger partial charge on any atom is 0.341 e. The van der Waals surface area contributed by atoms with E-state index < -0.39 is 24.4 Å². The van der Waals surface area contributed by atoms with Crippen LogP contribution in [0.25, 0.3) is 0 Å². The minimum atomic E-state index is -0.896. The first-order chi connectivity index (χ1) is 13.2. The van der Waals surface area contributed by atoms with E-state index in [2.05, 4.69) is 10.6 Å². The van der Waals surface area contributed by atoms with E-state index in [9.17, 15) is 14.4 Å². The Morgan fingerprint density at radius 1 is 0.964 bits per heavy atom. The summed E-state index contributed by atoms with van der Waals surface area (Å²) in [6.07, 6.45) is 0. The molecule has 0 aliphatic carbocycles. The second-order valence-corrected chi connectivity index (χ2v) is 7.06. The van der Waals surface area contributed by atoms with Crippen LogP contribution in [0.5, 0.6) is 0 Å². The van der Waals surface area contributed by atoms with Crippen LogP contribution in [0.1, 0.15) is 21.5 Å². The van der Waals surface area contributed by atoms with Crippen molar-refractivity contribution in [3.8, 4) is 0 Å². The number of esters is 1. The zero-order valence-electron chi connectivity index (χ0n) is 15.1. The standard InChI is InChI=1S/C19H17Cl3N2O4/c1-10-4-3-5-14(11(10)2)24-15(25)8-23-16(26)9-28-19(27)17-12(20)6-7-13(21)18(17)22/h3-7H,8-9H2,1-2H3,(H,23,26)(H,24,25). The molecule has 0 saturated heterocycles. The van der Waals surface area contributed by atoms with Crippen molar-refractivity contribution in [2.45, 2.75) is 13.8 Å². The van der Waals surface area contributed by atoms with Crippen molar-refractivity contribution in [2.75, 3.05) is 18.5 Å². The minimum Gasteiger partial charge on any atom is -0.452 e. The molecule has 0 fully saturated rings. The Labute approximate surface area is 177 Å². The number of benzene rings is 2. The van der Waals surface area contributed by atoms with Crippen LogP contribution in [0.2, 0.25) is 15.1 Å². The van der Waals surface area contributed by atoms with Crippen LogP contribution < -0.4 is 10.6 Å². The van der Waals surface area contributed by atoms with E-state index in [0.29, 0.717) is 5.69 Å². The second-order valence-electron chi connectivity index (χ2n) is 5.87. The van der Waals surface area contributed by atoms with Gasteiger partial charge in [0.25, 0.3) is 5.91 Å². The molecule has 0 aliphatic rings. The number of aryl methyl sites for hydroxylation is 1. The van der Waals surface area contributed by atoms with Crippen LogP contribution in [0, 0.1) is 13.8 Å². The van der Waals surface area contributed by atoms with Crippen molar-refractivity contribution in [1.29, 1.82) is 0 Å². The SMILES string of the molecule is Cc1cccc(NC(=O)CNC(=O)COC(=O)c2c(Cl)ccc(Cl)c2Cl)c1C. The maximum atomic E-state index is 12.1. The molecule has 2 rings (SSSR count). The van der Waals surface area contributed by atoms with Crippen molar-refractivity contribution in [3.05, 3.63) is 62.1 Å². The van der Waals surface area contributed by atoms with Crippen molar-refractivity contribution < 1.29 is 19.1 Å². The van der Waals surface area contributed by atoms with E-state index in [0.717, 1.165) is 11.1 Å². The Morgan fingerprint density at radius 2 is 1.64 bits per heavy atom. The number of ether oxygens (including phenoxy) is 1. The summed E-state index contributed by atoms with van der Waals surface area (Å²) in [7, 11) is 0. The van der Waals surface area contributed by atoms with Gasteiger partial charge in [0, 0.05) is 5.69 Å². The average Bonchev–Trinajstić information content (AvgIpc) is 2.65. The van der Waals surface area contributed by atoms with E-state index >= 15 is 0 Å². The quantitative estimate of drug-likeness (QED) is 0.518. The lowest BCUT2D eigenvalue weighted by Crippen LogP contribution is -2.35. The molecule has 0 bridgehead atoms. The number of anilines is 1. The fourth-order valence-electron chi connectivity index (χ4n) is 2.23. The van der Waals surface area contributed by atoms with E-state index in [4.69, 9.17) is 39.5 Å². The zero-order valence-corrected chi connectivity index (χ0v) is 17.3. The third-order valence-corrected chi connectivity index (χ3v) is 5.03. The molecule has 2 N–H and O–H groups in total. The van der Waals surface area contributed by atoms with Gasteiger partial charge in [0.2, 0.25) is 5.91 Å². The fraction of sp³-hybridized carbons (Fsp3) is 0.211. The van der Waals surface area contributed by atoms with Gasteiger partial charge in [0.15, 0.2) is 6.61 Å². The summed E-state index contributed by atoms with van der Waals surface area (Å²) in [6.45, 7) is 2.94. The lowest BCUT2D eigenvalue weighted by atomic mass is 10.1. The zero-order chi connectivity index (χ0) is 20.8. The molecule has 0 radical (unpaired) electrons. The number of rotatable bonds is 6. The Hall–Kier alpha value is -2.28. The average molecular weight is 444 g/mol. The van der Waals surface area contributed by atoms with E-state index in [1.54, 1.807) is 6.07 Å². The predicted octanol–water partition coefficient (Wildman–Crippen LogP) is 4.18. The largest absolute Gasteiger partial charge is 0.452 e. The summed E-state index contributed by atoms with van der Waals surface area (Å²) in [5.41, 5.74) is 2.51. The lowest BCUT2D eigenvalue weighted by Gasteiger charge is -2.11. The Morgan fingerprint density at radius 3 is 2.36 bits per heavy atom. The number of carbonyl (C=O) groups is 3. The molecule has 0 heterocycles. The van der Waals surface area contributed by atoms with Gasteiger partial charge in [-0.05, 0) is 43.2 Å². The van der Waals surface area contributed by atoms with Gasteiger partial charge in [-0.1, -0.05) is 46.9 Å². The molecule has 148 valence electrons.